The van der Waals surface area contributed by atoms with E-state index in [9.17, 15) is 4.79 Å². The third-order valence-electron chi connectivity index (χ3n) is 6.02. The van der Waals surface area contributed by atoms with Gasteiger partial charge in [-0.15, -0.1) is 0 Å². The monoisotopic (exact) mass is 349 g/mol. The van der Waals surface area contributed by atoms with Crippen LogP contribution < -0.4 is 5.32 Å². The predicted octanol–water partition coefficient (Wildman–Crippen LogP) is 5.17. The molecule has 0 heterocycles. The van der Waals surface area contributed by atoms with Gasteiger partial charge in [0, 0.05) is 6.54 Å². The van der Waals surface area contributed by atoms with Crippen LogP contribution in [-0.4, -0.2) is 12.5 Å². The number of nitrogens with one attached hydrogen (secondary N) is 1. The van der Waals surface area contributed by atoms with Crippen molar-refractivity contribution in [2.75, 3.05) is 6.54 Å². The van der Waals surface area contributed by atoms with Gasteiger partial charge in [0.15, 0.2) is 0 Å². The maximum atomic E-state index is 13.2. The van der Waals surface area contributed by atoms with Crippen LogP contribution >= 0.6 is 0 Å². The zero-order valence-corrected chi connectivity index (χ0v) is 16.4. The summed E-state index contributed by atoms with van der Waals surface area (Å²) in [5.74, 6) is 0.213. The fraction of sp³-hybridized carbons (Fsp3) is 0.458. The summed E-state index contributed by atoms with van der Waals surface area (Å²) in [5.41, 5.74) is 6.02. The second-order valence-corrected chi connectivity index (χ2v) is 7.93. The zero-order chi connectivity index (χ0) is 18.6. The maximum absolute atomic E-state index is 13.2. The molecule has 26 heavy (non-hydrogen) atoms. The summed E-state index contributed by atoms with van der Waals surface area (Å²) in [5, 5.41) is 3.25. The molecule has 1 fully saturated rings. The molecule has 1 saturated carbocycles. The van der Waals surface area contributed by atoms with Crippen molar-refractivity contribution in [2.45, 2.75) is 64.7 Å². The van der Waals surface area contributed by atoms with Gasteiger partial charge in [0.25, 0.3) is 0 Å². The van der Waals surface area contributed by atoms with E-state index in [1.54, 1.807) is 0 Å². The molecule has 2 aromatic rings. The van der Waals surface area contributed by atoms with Crippen molar-refractivity contribution in [3.05, 3.63) is 70.3 Å². The molecule has 1 aliphatic carbocycles. The van der Waals surface area contributed by atoms with Crippen LogP contribution in [0.3, 0.4) is 0 Å². The molecule has 0 unspecified atom stereocenters. The first kappa shape index (κ1) is 18.7. The smallest absolute Gasteiger partial charge is 0.230 e. The molecule has 0 bridgehead atoms. The first-order chi connectivity index (χ1) is 12.5. The molecule has 0 radical (unpaired) electrons. The lowest BCUT2D eigenvalue weighted by atomic mass is 9.68. The average molecular weight is 350 g/mol. The Balaban J connectivity index is 1.69. The van der Waals surface area contributed by atoms with Crippen molar-refractivity contribution >= 4 is 5.91 Å². The first-order valence-corrected chi connectivity index (χ1v) is 9.93. The van der Waals surface area contributed by atoms with Gasteiger partial charge in [0.05, 0.1) is 5.41 Å². The number of aryl methyl sites for hydroxylation is 3. The Morgan fingerprint density at radius 3 is 2.27 bits per heavy atom. The van der Waals surface area contributed by atoms with E-state index in [1.165, 1.54) is 34.2 Å². The van der Waals surface area contributed by atoms with Gasteiger partial charge < -0.3 is 5.32 Å². The molecule has 2 aromatic carbocycles. The van der Waals surface area contributed by atoms with Crippen LogP contribution in [-0.2, 0) is 16.6 Å². The second-order valence-electron chi connectivity index (χ2n) is 7.93. The highest BCUT2D eigenvalue weighted by Gasteiger charge is 2.40. The van der Waals surface area contributed by atoms with Gasteiger partial charge >= 0.3 is 0 Å². The highest BCUT2D eigenvalue weighted by atomic mass is 16.2. The minimum atomic E-state index is -0.338. The van der Waals surface area contributed by atoms with Gasteiger partial charge in [-0.25, -0.2) is 0 Å². The third kappa shape index (κ3) is 4.00. The van der Waals surface area contributed by atoms with Crippen LogP contribution in [0.1, 0.15) is 59.9 Å². The minimum absolute atomic E-state index is 0.213. The lowest BCUT2D eigenvalue weighted by Crippen LogP contribution is -2.46. The Morgan fingerprint density at radius 1 is 0.923 bits per heavy atom. The Morgan fingerprint density at radius 2 is 1.62 bits per heavy atom. The molecule has 0 spiro atoms. The summed E-state index contributed by atoms with van der Waals surface area (Å²) < 4.78 is 0. The Bertz CT molecular complexity index is 754. The predicted molar refractivity (Wildman–Crippen MR) is 109 cm³/mol. The van der Waals surface area contributed by atoms with E-state index in [-0.39, 0.29) is 11.3 Å². The quantitative estimate of drug-likeness (QED) is 0.792. The van der Waals surface area contributed by atoms with Crippen molar-refractivity contribution < 1.29 is 4.79 Å². The molecular formula is C24H31NO. The summed E-state index contributed by atoms with van der Waals surface area (Å²) in [6.07, 6.45) is 6.33. The average Bonchev–Trinajstić information content (AvgIpc) is 2.65. The number of hydrogen-bond donors (Lipinski definition) is 1. The number of carbonyl (C=O) groups is 1. The highest BCUT2D eigenvalue weighted by molar-refractivity contribution is 5.88. The number of hydrogen-bond acceptors (Lipinski definition) is 1. The van der Waals surface area contributed by atoms with Gasteiger partial charge in [-0.1, -0.05) is 67.3 Å². The maximum Gasteiger partial charge on any atom is 0.230 e. The van der Waals surface area contributed by atoms with Crippen molar-refractivity contribution in [3.63, 3.8) is 0 Å². The van der Waals surface area contributed by atoms with Crippen molar-refractivity contribution in [2.24, 2.45) is 0 Å². The van der Waals surface area contributed by atoms with Crippen LogP contribution in [0.5, 0.6) is 0 Å². The molecule has 1 amide bonds. The summed E-state index contributed by atoms with van der Waals surface area (Å²) in [4.78, 5) is 13.2. The Labute approximate surface area is 158 Å². The van der Waals surface area contributed by atoms with Gasteiger partial charge in [-0.2, -0.15) is 0 Å². The molecule has 0 aliphatic heterocycles. The van der Waals surface area contributed by atoms with Gasteiger partial charge in [0.2, 0.25) is 5.91 Å². The lowest BCUT2D eigenvalue weighted by molar-refractivity contribution is -0.128. The highest BCUT2D eigenvalue weighted by Crippen LogP contribution is 2.39. The van der Waals surface area contributed by atoms with Gasteiger partial charge in [0.1, 0.15) is 0 Å². The van der Waals surface area contributed by atoms with Crippen LogP contribution in [0.15, 0.2) is 42.5 Å². The zero-order valence-electron chi connectivity index (χ0n) is 16.4. The number of rotatable bonds is 5. The van der Waals surface area contributed by atoms with E-state index in [0.717, 1.165) is 32.1 Å². The molecule has 3 rings (SSSR count). The van der Waals surface area contributed by atoms with E-state index in [1.807, 2.05) is 0 Å². The van der Waals surface area contributed by atoms with Gasteiger partial charge in [-0.05, 0) is 62.3 Å². The molecule has 2 heteroatoms. The van der Waals surface area contributed by atoms with Crippen LogP contribution in [0.4, 0.5) is 0 Å². The molecule has 0 atom stereocenters. The normalized spacial score (nSPS) is 16.3. The topological polar surface area (TPSA) is 29.1 Å². The van der Waals surface area contributed by atoms with Crippen molar-refractivity contribution in [1.82, 2.24) is 5.32 Å². The van der Waals surface area contributed by atoms with E-state index in [2.05, 4.69) is 68.6 Å². The summed E-state index contributed by atoms with van der Waals surface area (Å²) in [6, 6.07) is 15.2. The summed E-state index contributed by atoms with van der Waals surface area (Å²) in [7, 11) is 0. The second kappa shape index (κ2) is 8.07. The number of benzene rings is 2. The summed E-state index contributed by atoms with van der Waals surface area (Å²) >= 11 is 0. The standard InChI is InChI=1S/C24H31NO/c1-18-7-11-22(12-8-18)24(14-5-4-6-15-24)23(26)25-16-13-21-10-9-19(2)20(3)17-21/h7-12,17H,4-6,13-16H2,1-3H3,(H,25,26). The van der Waals surface area contributed by atoms with E-state index >= 15 is 0 Å². The van der Waals surface area contributed by atoms with Gasteiger partial charge in [-0.3, -0.25) is 4.79 Å². The van der Waals surface area contributed by atoms with Crippen LogP contribution in [0.25, 0.3) is 0 Å². The minimum Gasteiger partial charge on any atom is -0.355 e. The van der Waals surface area contributed by atoms with E-state index < -0.39 is 0 Å². The fourth-order valence-electron chi connectivity index (χ4n) is 4.12. The molecule has 2 nitrogen and oxygen atoms in total. The van der Waals surface area contributed by atoms with Crippen LogP contribution in [0.2, 0.25) is 0 Å². The van der Waals surface area contributed by atoms with E-state index in [0.29, 0.717) is 6.54 Å². The Hall–Kier alpha value is -2.09. The molecule has 0 saturated heterocycles. The fourth-order valence-corrected chi connectivity index (χ4v) is 4.12. The third-order valence-corrected chi connectivity index (χ3v) is 6.02. The number of carbonyl (C=O) groups excluding carboxylic acids is 1. The molecular weight excluding hydrogens is 318 g/mol. The molecule has 1 N–H and O–H groups in total. The van der Waals surface area contributed by atoms with Crippen molar-refractivity contribution in [1.29, 1.82) is 0 Å². The largest absolute Gasteiger partial charge is 0.355 e. The number of amides is 1. The van der Waals surface area contributed by atoms with E-state index in [4.69, 9.17) is 0 Å². The SMILES string of the molecule is Cc1ccc(C2(C(=O)NCCc3ccc(C)c(C)c3)CCCCC2)cc1. The van der Waals surface area contributed by atoms with Crippen molar-refractivity contribution in [3.8, 4) is 0 Å². The Kier molecular flexibility index (Phi) is 5.80. The summed E-state index contributed by atoms with van der Waals surface area (Å²) in [6.45, 7) is 7.08. The first-order valence-electron chi connectivity index (χ1n) is 9.93. The molecule has 1 aliphatic rings. The van der Waals surface area contributed by atoms with Crippen LogP contribution in [0, 0.1) is 20.8 Å². The molecule has 0 aromatic heterocycles. The molecule has 138 valence electrons. The lowest BCUT2D eigenvalue weighted by Gasteiger charge is -2.36.